The lowest BCUT2D eigenvalue weighted by atomic mass is 10.1. The number of nitrogens with zero attached hydrogens (tertiary/aromatic N) is 3. The van der Waals surface area contributed by atoms with Crippen LogP contribution in [0.5, 0.6) is 0 Å². The van der Waals surface area contributed by atoms with Crippen LogP contribution >= 0.6 is 0 Å². The highest BCUT2D eigenvalue weighted by atomic mass is 16.1. The highest BCUT2D eigenvalue weighted by Gasteiger charge is 2.12. The number of aliphatic imine (C=N–C) groups is 1. The van der Waals surface area contributed by atoms with Crippen LogP contribution in [0.4, 0.5) is 0 Å². The summed E-state index contributed by atoms with van der Waals surface area (Å²) in [5, 5.41) is 8.06. The van der Waals surface area contributed by atoms with E-state index < -0.39 is 0 Å². The molecular formula is C18H18N4O. The van der Waals surface area contributed by atoms with E-state index in [0.29, 0.717) is 5.56 Å². The Morgan fingerprint density at radius 2 is 1.74 bits per heavy atom. The van der Waals surface area contributed by atoms with E-state index in [-0.39, 0.29) is 11.5 Å². The summed E-state index contributed by atoms with van der Waals surface area (Å²) in [7, 11) is 1.76. The Labute approximate surface area is 134 Å². The lowest BCUT2D eigenvalue weighted by molar-refractivity contribution is 0.846. The number of hydrogen-bond donors (Lipinski definition) is 1. The van der Waals surface area contributed by atoms with E-state index in [9.17, 15) is 4.79 Å². The maximum atomic E-state index is 12.6. The Balaban J connectivity index is 2.21. The Bertz CT molecular complexity index is 988. The number of benzene rings is 2. The quantitative estimate of drug-likeness (QED) is 0.574. The molecule has 0 saturated heterocycles. The first-order chi connectivity index (χ1) is 11.0. The van der Waals surface area contributed by atoms with Crippen molar-refractivity contribution in [3.05, 3.63) is 64.6 Å². The summed E-state index contributed by atoms with van der Waals surface area (Å²) in [6.07, 6.45) is 0. The number of aromatic nitrogens is 2. The second-order valence-electron chi connectivity index (χ2n) is 5.62. The zero-order valence-corrected chi connectivity index (χ0v) is 13.4. The number of nitrogens with one attached hydrogen (secondary N) is 1. The maximum absolute atomic E-state index is 12.6. The molecule has 3 rings (SSSR count). The molecule has 0 atom stereocenters. The zero-order valence-electron chi connectivity index (χ0n) is 13.4. The molecule has 0 unspecified atom stereocenters. The van der Waals surface area contributed by atoms with Gasteiger partial charge in [-0.1, -0.05) is 24.3 Å². The van der Waals surface area contributed by atoms with Crippen LogP contribution in [-0.2, 0) is 7.05 Å². The lowest BCUT2D eigenvalue weighted by Crippen LogP contribution is -2.21. The van der Waals surface area contributed by atoms with Crippen LogP contribution in [0.2, 0.25) is 0 Å². The second kappa shape index (κ2) is 5.68. The Kier molecular flexibility index (Phi) is 3.70. The molecule has 0 aliphatic heterocycles. The van der Waals surface area contributed by atoms with E-state index in [4.69, 9.17) is 5.41 Å². The third-order valence-corrected chi connectivity index (χ3v) is 3.68. The first kappa shape index (κ1) is 15.0. The maximum Gasteiger partial charge on any atom is 0.333 e. The Morgan fingerprint density at radius 3 is 2.43 bits per heavy atom. The molecule has 2 aromatic carbocycles. The fraction of sp³-hybridized carbons (Fsp3) is 0.167. The van der Waals surface area contributed by atoms with Crippen LogP contribution in [0, 0.1) is 5.41 Å². The predicted molar refractivity (Wildman–Crippen MR) is 94.1 cm³/mol. The van der Waals surface area contributed by atoms with Crippen LogP contribution in [0.1, 0.15) is 19.4 Å². The molecule has 116 valence electrons. The SMILES string of the molecule is CC(C)=NC(=N)c1cccc(-n2c(=O)n(C)c3ccccc32)c1. The summed E-state index contributed by atoms with van der Waals surface area (Å²) in [5.41, 5.74) is 3.86. The average molecular weight is 306 g/mol. The topological polar surface area (TPSA) is 63.1 Å². The number of imidazole rings is 1. The van der Waals surface area contributed by atoms with Gasteiger partial charge in [-0.3, -0.25) is 14.5 Å². The van der Waals surface area contributed by atoms with Gasteiger partial charge in [0.2, 0.25) is 0 Å². The molecule has 1 aromatic heterocycles. The summed E-state index contributed by atoms with van der Waals surface area (Å²) in [6, 6.07) is 15.0. The van der Waals surface area contributed by atoms with Crippen LogP contribution in [-0.4, -0.2) is 20.7 Å². The second-order valence-corrected chi connectivity index (χ2v) is 5.62. The summed E-state index contributed by atoms with van der Waals surface area (Å²) < 4.78 is 3.29. The number of aryl methyl sites for hydroxylation is 1. The molecule has 5 heteroatoms. The molecule has 0 saturated carbocycles. The molecular weight excluding hydrogens is 288 g/mol. The zero-order chi connectivity index (χ0) is 16.6. The Morgan fingerprint density at radius 1 is 1.04 bits per heavy atom. The van der Waals surface area contributed by atoms with Gasteiger partial charge in [0, 0.05) is 18.3 Å². The molecule has 23 heavy (non-hydrogen) atoms. The normalized spacial score (nSPS) is 10.7. The van der Waals surface area contributed by atoms with Gasteiger partial charge in [0.1, 0.15) is 0 Å². The molecule has 0 spiro atoms. The van der Waals surface area contributed by atoms with Gasteiger partial charge < -0.3 is 0 Å². The minimum atomic E-state index is -0.106. The molecule has 0 bridgehead atoms. The number of fused-ring (bicyclic) bond motifs is 1. The first-order valence-electron chi connectivity index (χ1n) is 7.37. The van der Waals surface area contributed by atoms with Crippen LogP contribution in [0.15, 0.2) is 58.3 Å². The van der Waals surface area contributed by atoms with E-state index in [2.05, 4.69) is 4.99 Å². The summed E-state index contributed by atoms with van der Waals surface area (Å²) in [4.78, 5) is 16.8. The summed E-state index contributed by atoms with van der Waals surface area (Å²) in [6.45, 7) is 3.71. The van der Waals surface area contributed by atoms with Gasteiger partial charge in [-0.25, -0.2) is 9.79 Å². The third-order valence-electron chi connectivity index (χ3n) is 3.68. The van der Waals surface area contributed by atoms with Gasteiger partial charge in [-0.15, -0.1) is 0 Å². The average Bonchev–Trinajstić information content (AvgIpc) is 2.79. The Hall–Kier alpha value is -2.95. The van der Waals surface area contributed by atoms with Gasteiger partial charge in [-0.05, 0) is 38.1 Å². The predicted octanol–water partition coefficient (Wildman–Crippen LogP) is 3.14. The number of para-hydroxylation sites is 2. The third kappa shape index (κ3) is 2.61. The monoisotopic (exact) mass is 306 g/mol. The summed E-state index contributed by atoms with van der Waals surface area (Å²) >= 11 is 0. The van der Waals surface area contributed by atoms with Gasteiger partial charge in [-0.2, -0.15) is 0 Å². The first-order valence-corrected chi connectivity index (χ1v) is 7.37. The molecule has 0 aliphatic carbocycles. The molecule has 1 heterocycles. The standard InChI is InChI=1S/C18H18N4O/c1-12(2)20-17(19)13-7-6-8-14(11-13)22-16-10-5-4-9-15(16)21(3)18(22)23/h4-11,19H,1-3H3. The van der Waals surface area contributed by atoms with Crippen molar-refractivity contribution < 1.29 is 0 Å². The van der Waals surface area contributed by atoms with Crippen LogP contribution in [0.3, 0.4) is 0 Å². The van der Waals surface area contributed by atoms with Gasteiger partial charge in [0.25, 0.3) is 0 Å². The highest BCUT2D eigenvalue weighted by molar-refractivity contribution is 6.04. The number of rotatable bonds is 2. The van der Waals surface area contributed by atoms with Gasteiger partial charge in [0.15, 0.2) is 5.84 Å². The number of hydrogen-bond acceptors (Lipinski definition) is 2. The van der Waals surface area contributed by atoms with E-state index in [1.54, 1.807) is 16.2 Å². The molecule has 1 N–H and O–H groups in total. The minimum Gasteiger partial charge on any atom is -0.295 e. The largest absolute Gasteiger partial charge is 0.333 e. The van der Waals surface area contributed by atoms with Crippen molar-refractivity contribution in [3.63, 3.8) is 0 Å². The van der Waals surface area contributed by atoms with Gasteiger partial charge >= 0.3 is 5.69 Å². The molecule has 3 aromatic rings. The fourth-order valence-electron chi connectivity index (χ4n) is 2.62. The van der Waals surface area contributed by atoms with E-state index in [1.165, 1.54) is 0 Å². The van der Waals surface area contributed by atoms with Crippen LogP contribution < -0.4 is 5.69 Å². The molecule has 5 nitrogen and oxygen atoms in total. The highest BCUT2D eigenvalue weighted by Crippen LogP contribution is 2.18. The van der Waals surface area contributed by atoms with Gasteiger partial charge in [0.05, 0.1) is 16.7 Å². The van der Waals surface area contributed by atoms with Crippen molar-refractivity contribution in [1.82, 2.24) is 9.13 Å². The van der Waals surface area contributed by atoms with Crippen molar-refractivity contribution >= 4 is 22.6 Å². The van der Waals surface area contributed by atoms with E-state index in [1.807, 2.05) is 62.4 Å². The van der Waals surface area contributed by atoms with Crippen LogP contribution in [0.25, 0.3) is 16.7 Å². The molecule has 0 fully saturated rings. The van der Waals surface area contributed by atoms with Crippen molar-refractivity contribution in [2.75, 3.05) is 0 Å². The van der Waals surface area contributed by atoms with E-state index in [0.717, 1.165) is 22.4 Å². The van der Waals surface area contributed by atoms with Crippen molar-refractivity contribution in [3.8, 4) is 5.69 Å². The van der Waals surface area contributed by atoms with E-state index >= 15 is 0 Å². The number of amidine groups is 1. The summed E-state index contributed by atoms with van der Waals surface area (Å²) in [5.74, 6) is 0.195. The smallest absolute Gasteiger partial charge is 0.295 e. The van der Waals surface area contributed by atoms with Crippen molar-refractivity contribution in [1.29, 1.82) is 5.41 Å². The molecule has 0 aliphatic rings. The molecule has 0 amide bonds. The fourth-order valence-corrected chi connectivity index (χ4v) is 2.62. The molecule has 0 radical (unpaired) electrons. The lowest BCUT2D eigenvalue weighted by Gasteiger charge is -2.06. The van der Waals surface area contributed by atoms with Crippen molar-refractivity contribution in [2.45, 2.75) is 13.8 Å². The van der Waals surface area contributed by atoms with Crippen molar-refractivity contribution in [2.24, 2.45) is 12.0 Å². The minimum absolute atomic E-state index is 0.106.